The highest BCUT2D eigenvalue weighted by Gasteiger charge is 2.31. The van der Waals surface area contributed by atoms with Gasteiger partial charge in [0.25, 0.3) is 0 Å². The van der Waals surface area contributed by atoms with Crippen LogP contribution in [0.2, 0.25) is 0 Å². The second kappa shape index (κ2) is 3.67. The molecule has 2 heterocycles. The van der Waals surface area contributed by atoms with E-state index in [0.717, 1.165) is 17.9 Å². The number of hydrogen-bond donors (Lipinski definition) is 0. The number of ether oxygens (including phenoxy) is 1. The predicted molar refractivity (Wildman–Crippen MR) is 48.4 cm³/mol. The van der Waals surface area contributed by atoms with Gasteiger partial charge in [-0.15, -0.1) is 0 Å². The molecule has 0 radical (unpaired) electrons. The van der Waals surface area contributed by atoms with Gasteiger partial charge in [-0.2, -0.15) is 11.8 Å². The lowest BCUT2D eigenvalue weighted by molar-refractivity contribution is -0.167. The summed E-state index contributed by atoms with van der Waals surface area (Å²) in [6.45, 7) is 0.550. The Kier molecular flexibility index (Phi) is 2.55. The van der Waals surface area contributed by atoms with Crippen molar-refractivity contribution in [2.45, 2.75) is 12.5 Å². The largest absolute Gasteiger partial charge is 0.391 e. The molecule has 0 aromatic rings. The third-order valence-electron chi connectivity index (χ3n) is 2.31. The van der Waals surface area contributed by atoms with E-state index in [1.165, 1.54) is 0 Å². The molecule has 1 unspecified atom stereocenters. The van der Waals surface area contributed by atoms with Gasteiger partial charge in [0.2, 0.25) is 0 Å². The minimum atomic E-state index is -0.409. The van der Waals surface area contributed by atoms with Crippen LogP contribution in [-0.4, -0.2) is 47.5 Å². The first kappa shape index (κ1) is 9.02. The summed E-state index contributed by atoms with van der Waals surface area (Å²) in [5.41, 5.74) is 0. The van der Waals surface area contributed by atoms with E-state index in [-0.39, 0.29) is 13.1 Å². The zero-order valence-corrected chi connectivity index (χ0v) is 8.01. The smallest absolute Gasteiger partial charge is 0.327 e. The van der Waals surface area contributed by atoms with Crippen LogP contribution in [0.15, 0.2) is 0 Å². The highest BCUT2D eigenvalue weighted by molar-refractivity contribution is 7.99. The predicted octanol–water partition coefficient (Wildman–Crippen LogP) is -0.123. The van der Waals surface area contributed by atoms with Crippen LogP contribution >= 0.6 is 11.8 Å². The van der Waals surface area contributed by atoms with Crippen molar-refractivity contribution >= 4 is 23.7 Å². The van der Waals surface area contributed by atoms with Gasteiger partial charge in [0, 0.05) is 11.8 Å². The van der Waals surface area contributed by atoms with Crippen LogP contribution in [0.3, 0.4) is 0 Å². The van der Waals surface area contributed by atoms with E-state index in [1.807, 2.05) is 16.7 Å². The van der Waals surface area contributed by atoms with E-state index in [1.54, 1.807) is 0 Å². The Balaban J connectivity index is 1.97. The molecule has 0 bridgehead atoms. The van der Waals surface area contributed by atoms with Crippen LogP contribution in [0.4, 0.5) is 0 Å². The van der Waals surface area contributed by atoms with Crippen molar-refractivity contribution in [3.05, 3.63) is 0 Å². The van der Waals surface area contributed by atoms with Gasteiger partial charge in [0.15, 0.2) is 0 Å². The summed E-state index contributed by atoms with van der Waals surface area (Å²) in [5.74, 6) is 1.34. The maximum Gasteiger partial charge on any atom is 0.327 e. The van der Waals surface area contributed by atoms with Gasteiger partial charge in [-0.1, -0.05) is 0 Å². The number of esters is 2. The number of carbonyl (C=O) groups is 2. The number of morpholine rings is 1. The molecule has 0 N–H and O–H groups in total. The molecule has 13 heavy (non-hydrogen) atoms. The zero-order valence-electron chi connectivity index (χ0n) is 7.19. The minimum absolute atomic E-state index is 0.275. The number of cyclic esters (lactones) is 2. The molecular weight excluding hydrogens is 190 g/mol. The molecule has 2 aliphatic rings. The SMILES string of the molecule is O=C1CN(C2CCSC2)CC(=O)O1. The lowest BCUT2D eigenvalue weighted by Crippen LogP contribution is -2.48. The van der Waals surface area contributed by atoms with Crippen molar-refractivity contribution in [1.29, 1.82) is 0 Å². The third-order valence-corrected chi connectivity index (χ3v) is 3.46. The molecular formula is C8H11NO3S. The van der Waals surface area contributed by atoms with Gasteiger partial charge >= 0.3 is 11.9 Å². The van der Waals surface area contributed by atoms with Crippen molar-refractivity contribution in [2.75, 3.05) is 24.6 Å². The second-order valence-electron chi connectivity index (χ2n) is 3.27. The van der Waals surface area contributed by atoms with Crippen LogP contribution in [-0.2, 0) is 14.3 Å². The number of rotatable bonds is 1. The van der Waals surface area contributed by atoms with Gasteiger partial charge in [-0.3, -0.25) is 14.5 Å². The molecule has 1 atom stereocenters. The summed E-state index contributed by atoms with van der Waals surface area (Å²) in [5, 5.41) is 0. The Hall–Kier alpha value is -0.550. The fourth-order valence-electron chi connectivity index (χ4n) is 1.65. The molecule has 0 spiro atoms. The highest BCUT2D eigenvalue weighted by Crippen LogP contribution is 2.23. The minimum Gasteiger partial charge on any atom is -0.391 e. The van der Waals surface area contributed by atoms with E-state index in [9.17, 15) is 9.59 Å². The highest BCUT2D eigenvalue weighted by atomic mass is 32.2. The lowest BCUT2D eigenvalue weighted by Gasteiger charge is -2.29. The van der Waals surface area contributed by atoms with Gasteiger partial charge in [0.1, 0.15) is 0 Å². The number of hydrogen-bond acceptors (Lipinski definition) is 5. The summed E-state index contributed by atoms with van der Waals surface area (Å²) in [6, 6.07) is 0.391. The van der Waals surface area contributed by atoms with E-state index >= 15 is 0 Å². The molecule has 2 saturated heterocycles. The van der Waals surface area contributed by atoms with E-state index in [4.69, 9.17) is 0 Å². The molecule has 5 heteroatoms. The molecule has 4 nitrogen and oxygen atoms in total. The summed E-state index contributed by atoms with van der Waals surface area (Å²) in [6.07, 6.45) is 1.07. The van der Waals surface area contributed by atoms with Crippen molar-refractivity contribution < 1.29 is 14.3 Å². The first-order valence-corrected chi connectivity index (χ1v) is 5.46. The molecule has 0 aromatic heterocycles. The quantitative estimate of drug-likeness (QED) is 0.437. The standard InChI is InChI=1S/C8H11NO3S/c10-7-3-9(4-8(11)12-7)6-1-2-13-5-6/h6H,1-5H2. The molecule has 2 rings (SSSR count). The average Bonchev–Trinajstić information content (AvgIpc) is 2.53. The van der Waals surface area contributed by atoms with E-state index in [2.05, 4.69) is 4.74 Å². The summed E-state index contributed by atoms with van der Waals surface area (Å²) in [7, 11) is 0. The molecule has 0 saturated carbocycles. The average molecular weight is 201 g/mol. The molecule has 0 aliphatic carbocycles. The molecule has 2 fully saturated rings. The molecule has 0 aromatic carbocycles. The van der Waals surface area contributed by atoms with Crippen molar-refractivity contribution in [3.63, 3.8) is 0 Å². The summed E-state index contributed by atoms with van der Waals surface area (Å²) in [4.78, 5) is 23.8. The van der Waals surface area contributed by atoms with E-state index in [0.29, 0.717) is 6.04 Å². The Morgan fingerprint density at radius 3 is 2.54 bits per heavy atom. The zero-order chi connectivity index (χ0) is 9.26. The fraction of sp³-hybridized carbons (Fsp3) is 0.750. The Morgan fingerprint density at radius 2 is 2.00 bits per heavy atom. The number of nitrogens with zero attached hydrogens (tertiary/aromatic N) is 1. The summed E-state index contributed by atoms with van der Waals surface area (Å²) >= 11 is 1.87. The van der Waals surface area contributed by atoms with Gasteiger partial charge < -0.3 is 4.74 Å². The topological polar surface area (TPSA) is 46.6 Å². The summed E-state index contributed by atoms with van der Waals surface area (Å²) < 4.78 is 4.45. The van der Waals surface area contributed by atoms with Crippen molar-refractivity contribution in [1.82, 2.24) is 4.90 Å². The number of carbonyl (C=O) groups excluding carboxylic acids is 2. The van der Waals surface area contributed by atoms with Crippen LogP contribution in [0.5, 0.6) is 0 Å². The van der Waals surface area contributed by atoms with Crippen LogP contribution in [0.25, 0.3) is 0 Å². The van der Waals surface area contributed by atoms with Crippen LogP contribution < -0.4 is 0 Å². The lowest BCUT2D eigenvalue weighted by atomic mass is 10.2. The van der Waals surface area contributed by atoms with Crippen LogP contribution in [0.1, 0.15) is 6.42 Å². The Morgan fingerprint density at radius 1 is 1.31 bits per heavy atom. The molecule has 2 aliphatic heterocycles. The molecule has 0 amide bonds. The number of thioether (sulfide) groups is 1. The monoisotopic (exact) mass is 201 g/mol. The van der Waals surface area contributed by atoms with Crippen LogP contribution in [0, 0.1) is 0 Å². The van der Waals surface area contributed by atoms with Crippen molar-refractivity contribution in [2.24, 2.45) is 0 Å². The Labute approximate surface area is 80.6 Å². The van der Waals surface area contributed by atoms with Gasteiger partial charge in [-0.05, 0) is 12.2 Å². The maximum atomic E-state index is 10.9. The van der Waals surface area contributed by atoms with Gasteiger partial charge in [0.05, 0.1) is 13.1 Å². The third kappa shape index (κ3) is 2.03. The molecule has 72 valence electrons. The maximum absolute atomic E-state index is 10.9. The van der Waals surface area contributed by atoms with Gasteiger partial charge in [-0.25, -0.2) is 0 Å². The van der Waals surface area contributed by atoms with E-state index < -0.39 is 11.9 Å². The normalized spacial score (nSPS) is 30.6. The first-order valence-electron chi connectivity index (χ1n) is 4.31. The second-order valence-corrected chi connectivity index (χ2v) is 4.42. The fourth-order valence-corrected chi connectivity index (χ4v) is 2.90. The Bertz CT molecular complexity index is 222. The first-order chi connectivity index (χ1) is 6.25. The van der Waals surface area contributed by atoms with Crippen molar-refractivity contribution in [3.8, 4) is 0 Å².